The number of carbonyl (C=O) groups excluding carboxylic acids is 1. The van der Waals surface area contributed by atoms with Gasteiger partial charge in [0.25, 0.3) is 0 Å². The van der Waals surface area contributed by atoms with E-state index in [-0.39, 0.29) is 12.5 Å². The molecule has 9 nitrogen and oxygen atoms in total. The van der Waals surface area contributed by atoms with E-state index in [1.54, 1.807) is 6.08 Å². The molecule has 384 valence electrons. The molecular formula is C57H103NO8. The number of unbranched alkanes of at least 4 members (excludes halogenated alkanes) is 28. The Hall–Kier alpha value is -2.11. The van der Waals surface area contributed by atoms with Crippen molar-refractivity contribution in [3.63, 3.8) is 0 Å². The second kappa shape index (κ2) is 46.6. The summed E-state index contributed by atoms with van der Waals surface area (Å²) in [7, 11) is 0. The maximum atomic E-state index is 13.0. The highest BCUT2D eigenvalue weighted by Crippen LogP contribution is 2.23. The topological polar surface area (TPSA) is 149 Å². The van der Waals surface area contributed by atoms with E-state index in [4.69, 9.17) is 9.47 Å². The van der Waals surface area contributed by atoms with E-state index in [1.807, 2.05) is 6.08 Å². The maximum Gasteiger partial charge on any atom is 0.220 e. The van der Waals surface area contributed by atoms with E-state index in [1.165, 1.54) is 167 Å². The van der Waals surface area contributed by atoms with Crippen LogP contribution in [0.1, 0.15) is 239 Å². The number of hydrogen-bond donors (Lipinski definition) is 6. The highest BCUT2D eigenvalue weighted by Gasteiger charge is 2.44. The Morgan fingerprint density at radius 1 is 0.515 bits per heavy atom. The van der Waals surface area contributed by atoms with Crippen LogP contribution in [-0.2, 0) is 14.3 Å². The number of rotatable bonds is 46. The van der Waals surface area contributed by atoms with Gasteiger partial charge < -0.3 is 40.3 Å². The molecule has 6 N–H and O–H groups in total. The van der Waals surface area contributed by atoms with Gasteiger partial charge in [0.2, 0.25) is 5.91 Å². The lowest BCUT2D eigenvalue weighted by molar-refractivity contribution is -0.302. The molecule has 1 aliphatic heterocycles. The van der Waals surface area contributed by atoms with E-state index >= 15 is 0 Å². The second-order valence-corrected chi connectivity index (χ2v) is 19.0. The second-order valence-electron chi connectivity index (χ2n) is 19.0. The zero-order chi connectivity index (χ0) is 48.0. The normalized spacial score (nSPS) is 20.3. The molecule has 0 saturated carbocycles. The molecule has 0 aromatic rings. The van der Waals surface area contributed by atoms with Crippen LogP contribution in [0.5, 0.6) is 0 Å². The summed E-state index contributed by atoms with van der Waals surface area (Å²) in [4.78, 5) is 13.0. The molecule has 1 saturated heterocycles. The standard InChI is InChI=1S/C57H103NO8/c1-3-5-7-9-11-13-15-16-17-18-19-20-21-22-23-24-25-26-27-28-29-30-31-32-33-34-35-36-37-39-41-43-45-47-53(61)58-50(49-65-57-56(64)55(63)54(62)52(48-59)66-57)51(60)46-44-42-40-38-14-12-10-8-6-4-2/h14-16,18-19,21-22,38,44,46,50-52,54-57,59-60,62-64H,3-13,17,20,23-37,39-43,45,47-49H2,1-2H3,(H,58,61)/b16-15-,19-18-,22-21-,38-14+,46-44+. The smallest absolute Gasteiger partial charge is 0.220 e. The Balaban J connectivity index is 2.10. The molecule has 7 unspecified atom stereocenters. The molecule has 0 bridgehead atoms. The zero-order valence-corrected chi connectivity index (χ0v) is 42.4. The van der Waals surface area contributed by atoms with Crippen LogP contribution in [0.15, 0.2) is 60.8 Å². The molecule has 1 heterocycles. The van der Waals surface area contributed by atoms with Gasteiger partial charge in [0, 0.05) is 6.42 Å². The number of carbonyl (C=O) groups is 1. The van der Waals surface area contributed by atoms with Gasteiger partial charge in [0.1, 0.15) is 24.4 Å². The number of aliphatic hydroxyl groups excluding tert-OH is 5. The lowest BCUT2D eigenvalue weighted by Crippen LogP contribution is -2.60. The molecule has 1 rings (SSSR count). The van der Waals surface area contributed by atoms with Crippen molar-refractivity contribution in [1.82, 2.24) is 5.32 Å². The van der Waals surface area contributed by atoms with Crippen molar-refractivity contribution in [2.45, 2.75) is 281 Å². The summed E-state index contributed by atoms with van der Waals surface area (Å²) in [5, 5.41) is 54.2. The number of allylic oxidation sites excluding steroid dienone is 9. The van der Waals surface area contributed by atoms with Crippen LogP contribution in [-0.4, -0.2) is 87.5 Å². The van der Waals surface area contributed by atoms with Gasteiger partial charge in [-0.15, -0.1) is 0 Å². The molecule has 9 heteroatoms. The summed E-state index contributed by atoms with van der Waals surface area (Å²) in [6.45, 7) is 3.71. The quantitative estimate of drug-likeness (QED) is 0.0261. The molecule has 1 fully saturated rings. The molecule has 0 aliphatic carbocycles. The number of aliphatic hydroxyl groups is 5. The first-order valence-corrected chi connectivity index (χ1v) is 27.5. The van der Waals surface area contributed by atoms with Crippen molar-refractivity contribution in [2.24, 2.45) is 0 Å². The SMILES string of the molecule is CCCCCC/C=C/CC/C=C/C(O)C(COC1OC(CO)C(O)C(O)C1O)NC(=O)CCCCCCCCCCCCCCCCCCCC/C=C\C/C=C\C/C=C\CCCCCCC. The van der Waals surface area contributed by atoms with Crippen molar-refractivity contribution >= 4 is 5.91 Å². The van der Waals surface area contributed by atoms with Gasteiger partial charge in [0.05, 0.1) is 25.4 Å². The Morgan fingerprint density at radius 2 is 0.909 bits per heavy atom. The minimum absolute atomic E-state index is 0.188. The molecule has 0 spiro atoms. The Bertz CT molecular complexity index is 1220. The first kappa shape index (κ1) is 61.9. The van der Waals surface area contributed by atoms with Gasteiger partial charge in [-0.2, -0.15) is 0 Å². The molecule has 1 amide bonds. The zero-order valence-electron chi connectivity index (χ0n) is 42.4. The predicted octanol–water partition coefficient (Wildman–Crippen LogP) is 13.1. The average molecular weight is 930 g/mol. The average Bonchev–Trinajstić information content (AvgIpc) is 3.32. The lowest BCUT2D eigenvalue weighted by atomic mass is 9.99. The van der Waals surface area contributed by atoms with Gasteiger partial charge in [-0.3, -0.25) is 4.79 Å². The van der Waals surface area contributed by atoms with Gasteiger partial charge in [-0.25, -0.2) is 0 Å². The third kappa shape index (κ3) is 36.0. The van der Waals surface area contributed by atoms with E-state index in [0.717, 1.165) is 51.4 Å². The number of amides is 1. The van der Waals surface area contributed by atoms with Crippen molar-refractivity contribution in [1.29, 1.82) is 0 Å². The van der Waals surface area contributed by atoms with Gasteiger partial charge in [0.15, 0.2) is 6.29 Å². The minimum atomic E-state index is -1.57. The molecule has 7 atom stereocenters. The summed E-state index contributed by atoms with van der Waals surface area (Å²) < 4.78 is 11.2. The number of nitrogens with one attached hydrogen (secondary N) is 1. The Kier molecular flexibility index (Phi) is 43.7. The number of hydrogen-bond acceptors (Lipinski definition) is 8. The van der Waals surface area contributed by atoms with Crippen LogP contribution < -0.4 is 5.32 Å². The summed E-state index contributed by atoms with van der Waals surface area (Å²) in [5.41, 5.74) is 0. The van der Waals surface area contributed by atoms with Crippen LogP contribution >= 0.6 is 0 Å². The van der Waals surface area contributed by atoms with Gasteiger partial charge in [-0.1, -0.05) is 222 Å². The fraction of sp³-hybridized carbons (Fsp3) is 0.807. The third-order valence-corrected chi connectivity index (χ3v) is 12.8. The molecule has 66 heavy (non-hydrogen) atoms. The number of ether oxygens (including phenoxy) is 2. The molecule has 0 aromatic carbocycles. The molecule has 0 radical (unpaired) electrons. The molecular weight excluding hydrogens is 827 g/mol. The first-order chi connectivity index (χ1) is 32.3. The monoisotopic (exact) mass is 930 g/mol. The Labute approximate surface area is 405 Å². The fourth-order valence-electron chi connectivity index (χ4n) is 8.41. The van der Waals surface area contributed by atoms with E-state index < -0.39 is 49.5 Å². The third-order valence-electron chi connectivity index (χ3n) is 12.8. The van der Waals surface area contributed by atoms with Crippen molar-refractivity contribution in [3.8, 4) is 0 Å². The van der Waals surface area contributed by atoms with E-state index in [0.29, 0.717) is 6.42 Å². The fourth-order valence-corrected chi connectivity index (χ4v) is 8.41. The summed E-state index contributed by atoms with van der Waals surface area (Å²) >= 11 is 0. The minimum Gasteiger partial charge on any atom is -0.394 e. The van der Waals surface area contributed by atoms with Gasteiger partial charge in [-0.05, 0) is 70.6 Å². The van der Waals surface area contributed by atoms with Crippen LogP contribution in [0, 0.1) is 0 Å². The molecule has 0 aromatic heterocycles. The van der Waals surface area contributed by atoms with Crippen molar-refractivity contribution in [3.05, 3.63) is 60.8 Å². The van der Waals surface area contributed by atoms with Crippen LogP contribution in [0.3, 0.4) is 0 Å². The van der Waals surface area contributed by atoms with E-state index in [9.17, 15) is 30.3 Å². The van der Waals surface area contributed by atoms with Crippen molar-refractivity contribution in [2.75, 3.05) is 13.2 Å². The van der Waals surface area contributed by atoms with Gasteiger partial charge >= 0.3 is 0 Å². The summed E-state index contributed by atoms with van der Waals surface area (Å²) in [6.07, 6.45) is 56.0. The largest absolute Gasteiger partial charge is 0.394 e. The summed E-state index contributed by atoms with van der Waals surface area (Å²) in [5.74, 6) is -0.188. The van der Waals surface area contributed by atoms with Crippen molar-refractivity contribution < 1.29 is 39.8 Å². The highest BCUT2D eigenvalue weighted by atomic mass is 16.7. The summed E-state index contributed by atoms with van der Waals surface area (Å²) in [6, 6.07) is -0.820. The Morgan fingerprint density at radius 3 is 1.39 bits per heavy atom. The predicted molar refractivity (Wildman–Crippen MR) is 276 cm³/mol. The maximum absolute atomic E-state index is 13.0. The highest BCUT2D eigenvalue weighted by molar-refractivity contribution is 5.76. The molecule has 1 aliphatic rings. The first-order valence-electron chi connectivity index (χ1n) is 27.5. The van der Waals surface area contributed by atoms with Crippen LogP contribution in [0.2, 0.25) is 0 Å². The van der Waals surface area contributed by atoms with Crippen LogP contribution in [0.25, 0.3) is 0 Å². The van der Waals surface area contributed by atoms with E-state index in [2.05, 4.69) is 67.8 Å². The lowest BCUT2D eigenvalue weighted by Gasteiger charge is -2.40. The van der Waals surface area contributed by atoms with Crippen LogP contribution in [0.4, 0.5) is 0 Å².